The van der Waals surface area contributed by atoms with Gasteiger partial charge in [-0.15, -0.1) is 0 Å². The van der Waals surface area contributed by atoms with E-state index in [1.165, 1.54) is 18.2 Å². The molecule has 0 aliphatic heterocycles. The summed E-state index contributed by atoms with van der Waals surface area (Å²) in [7, 11) is 0. The number of amides is 1. The number of anilines is 1. The molecule has 0 unspecified atom stereocenters. The smallest absolute Gasteiger partial charge is 0.338 e. The lowest BCUT2D eigenvalue weighted by Gasteiger charge is -2.09. The minimum Gasteiger partial charge on any atom is -0.477 e. The van der Waals surface area contributed by atoms with Crippen LogP contribution >= 0.6 is 0 Å². The normalized spacial score (nSPS) is 10.2. The molecular weight excluding hydrogens is 376 g/mol. The van der Waals surface area contributed by atoms with Crippen molar-refractivity contribution in [2.24, 2.45) is 0 Å². The van der Waals surface area contributed by atoms with E-state index in [1.807, 2.05) is 0 Å². The molecule has 0 spiro atoms. The van der Waals surface area contributed by atoms with Gasteiger partial charge in [0.2, 0.25) is 0 Å². The van der Waals surface area contributed by atoms with Gasteiger partial charge in [-0.05, 0) is 36.8 Å². The van der Waals surface area contributed by atoms with E-state index < -0.39 is 16.8 Å². The van der Waals surface area contributed by atoms with Crippen LogP contribution in [0.2, 0.25) is 0 Å². The number of hydrogen-bond acceptors (Lipinski definition) is 6. The minimum absolute atomic E-state index is 0.0182. The highest BCUT2D eigenvalue weighted by atomic mass is 16.6. The molecule has 0 saturated heterocycles. The number of nitrogens with zero attached hydrogens (tertiary/aromatic N) is 1. The number of hydrogen-bond donors (Lipinski definition) is 1. The molecule has 0 aliphatic rings. The maximum Gasteiger partial charge on any atom is 0.338 e. The molecule has 0 bridgehead atoms. The van der Waals surface area contributed by atoms with E-state index in [2.05, 4.69) is 12.2 Å². The highest BCUT2D eigenvalue weighted by molar-refractivity contribution is 5.93. The van der Waals surface area contributed by atoms with Crippen LogP contribution in [0, 0.1) is 10.1 Å². The summed E-state index contributed by atoms with van der Waals surface area (Å²) in [6.45, 7) is 2.12. The highest BCUT2D eigenvalue weighted by Gasteiger charge is 2.15. The largest absolute Gasteiger partial charge is 0.477 e. The second kappa shape index (κ2) is 11.4. The molecule has 0 radical (unpaired) electrons. The Hall–Kier alpha value is -3.42. The van der Waals surface area contributed by atoms with Gasteiger partial charge in [0.25, 0.3) is 5.91 Å². The summed E-state index contributed by atoms with van der Waals surface area (Å²) in [6.07, 6.45) is 4.11. The first-order valence-electron chi connectivity index (χ1n) is 9.44. The molecule has 29 heavy (non-hydrogen) atoms. The molecule has 8 nitrogen and oxygen atoms in total. The summed E-state index contributed by atoms with van der Waals surface area (Å²) in [5, 5.41) is 13.6. The van der Waals surface area contributed by atoms with Crippen molar-refractivity contribution in [3.05, 3.63) is 64.2 Å². The van der Waals surface area contributed by atoms with Gasteiger partial charge in [-0.2, -0.15) is 0 Å². The number of nitrogens with one attached hydrogen (secondary N) is 1. The van der Waals surface area contributed by atoms with Gasteiger partial charge in [-0.1, -0.05) is 38.3 Å². The molecule has 2 aromatic rings. The fourth-order valence-electron chi connectivity index (χ4n) is 2.54. The van der Waals surface area contributed by atoms with Crippen LogP contribution in [0.1, 0.15) is 43.0 Å². The Morgan fingerprint density at radius 1 is 1.03 bits per heavy atom. The van der Waals surface area contributed by atoms with Crippen molar-refractivity contribution < 1.29 is 24.0 Å². The number of benzene rings is 2. The fourth-order valence-corrected chi connectivity index (χ4v) is 2.54. The number of carbonyl (C=O) groups excluding carboxylic acids is 2. The predicted molar refractivity (Wildman–Crippen MR) is 108 cm³/mol. The summed E-state index contributed by atoms with van der Waals surface area (Å²) in [4.78, 5) is 34.4. The standard InChI is InChI=1S/C21H24N2O6/c1-2-3-4-7-14-28-21(25)16-10-12-17(13-11-16)22-20(24)15-29-19-9-6-5-8-18(19)23(26)27/h5-6,8-13H,2-4,7,14-15H2,1H3,(H,22,24). The number of carbonyl (C=O) groups is 2. The third kappa shape index (κ3) is 7.25. The van der Waals surface area contributed by atoms with E-state index in [0.29, 0.717) is 17.9 Å². The molecule has 0 atom stereocenters. The number of unbranched alkanes of at least 4 members (excludes halogenated alkanes) is 3. The van der Waals surface area contributed by atoms with Crippen molar-refractivity contribution in [3.8, 4) is 5.75 Å². The number of ether oxygens (including phenoxy) is 2. The van der Waals surface area contributed by atoms with Gasteiger partial charge < -0.3 is 14.8 Å². The highest BCUT2D eigenvalue weighted by Crippen LogP contribution is 2.25. The van der Waals surface area contributed by atoms with E-state index in [4.69, 9.17) is 9.47 Å². The van der Waals surface area contributed by atoms with Crippen molar-refractivity contribution in [3.63, 3.8) is 0 Å². The Morgan fingerprint density at radius 2 is 1.76 bits per heavy atom. The molecule has 2 rings (SSSR count). The summed E-state index contributed by atoms with van der Waals surface area (Å²) in [5.41, 5.74) is 0.660. The Kier molecular flexibility index (Phi) is 8.62. The SMILES string of the molecule is CCCCCCOC(=O)c1ccc(NC(=O)COc2ccccc2[N+](=O)[O-])cc1. The van der Waals surface area contributed by atoms with E-state index in [1.54, 1.807) is 30.3 Å². The summed E-state index contributed by atoms with van der Waals surface area (Å²) in [5.74, 6) is -0.863. The average molecular weight is 400 g/mol. The maximum absolute atomic E-state index is 12.0. The molecule has 2 aromatic carbocycles. The van der Waals surface area contributed by atoms with E-state index in [-0.39, 0.29) is 18.0 Å². The van der Waals surface area contributed by atoms with Crippen LogP contribution in [-0.2, 0) is 9.53 Å². The van der Waals surface area contributed by atoms with E-state index >= 15 is 0 Å². The van der Waals surface area contributed by atoms with Crippen molar-refractivity contribution in [1.82, 2.24) is 0 Å². The van der Waals surface area contributed by atoms with Crippen molar-refractivity contribution in [1.29, 1.82) is 0 Å². The first-order chi connectivity index (χ1) is 14.0. The van der Waals surface area contributed by atoms with Crippen molar-refractivity contribution in [2.45, 2.75) is 32.6 Å². The summed E-state index contributed by atoms with van der Waals surface area (Å²) >= 11 is 0. The minimum atomic E-state index is -0.575. The average Bonchev–Trinajstić information content (AvgIpc) is 2.72. The zero-order valence-corrected chi connectivity index (χ0v) is 16.3. The number of esters is 1. The molecule has 1 N–H and O–H groups in total. The van der Waals surface area contributed by atoms with Gasteiger partial charge in [0.15, 0.2) is 12.4 Å². The third-order valence-corrected chi connectivity index (χ3v) is 4.06. The summed E-state index contributed by atoms with van der Waals surface area (Å²) in [6, 6.07) is 12.1. The molecule has 0 aromatic heterocycles. The summed E-state index contributed by atoms with van der Waals surface area (Å²) < 4.78 is 10.5. The Labute approximate surface area is 169 Å². The maximum atomic E-state index is 12.0. The molecule has 8 heteroatoms. The quantitative estimate of drug-likeness (QED) is 0.260. The monoisotopic (exact) mass is 400 g/mol. The molecule has 154 valence electrons. The van der Waals surface area contributed by atoms with Gasteiger partial charge in [-0.25, -0.2) is 4.79 Å². The first kappa shape index (κ1) is 21.9. The molecule has 0 heterocycles. The number of nitro benzene ring substituents is 1. The number of rotatable bonds is 11. The molecule has 1 amide bonds. The lowest BCUT2D eigenvalue weighted by atomic mass is 10.2. The molecular formula is C21H24N2O6. The lowest BCUT2D eigenvalue weighted by molar-refractivity contribution is -0.385. The number of nitro groups is 1. The van der Waals surface area contributed by atoms with Crippen LogP contribution in [0.3, 0.4) is 0 Å². The lowest BCUT2D eigenvalue weighted by Crippen LogP contribution is -2.20. The Morgan fingerprint density at radius 3 is 2.45 bits per heavy atom. The van der Waals surface area contributed by atoms with Gasteiger partial charge in [0.1, 0.15) is 0 Å². The van der Waals surface area contributed by atoms with E-state index in [0.717, 1.165) is 25.7 Å². The fraction of sp³-hybridized carbons (Fsp3) is 0.333. The van der Waals surface area contributed by atoms with E-state index in [9.17, 15) is 19.7 Å². The molecule has 0 aliphatic carbocycles. The second-order valence-corrected chi connectivity index (χ2v) is 6.34. The van der Waals surface area contributed by atoms with Crippen LogP contribution in [0.4, 0.5) is 11.4 Å². The van der Waals surface area contributed by atoms with Crippen LogP contribution in [0.5, 0.6) is 5.75 Å². The first-order valence-corrected chi connectivity index (χ1v) is 9.44. The van der Waals surface area contributed by atoms with Crippen molar-refractivity contribution in [2.75, 3.05) is 18.5 Å². The Balaban J connectivity index is 1.81. The molecule has 0 saturated carbocycles. The van der Waals surface area contributed by atoms with Gasteiger partial charge in [-0.3, -0.25) is 14.9 Å². The van der Waals surface area contributed by atoms with Crippen LogP contribution in [0.15, 0.2) is 48.5 Å². The second-order valence-electron chi connectivity index (χ2n) is 6.34. The van der Waals surface area contributed by atoms with Gasteiger partial charge in [0.05, 0.1) is 17.1 Å². The van der Waals surface area contributed by atoms with Gasteiger partial charge >= 0.3 is 11.7 Å². The number of para-hydroxylation sites is 2. The third-order valence-electron chi connectivity index (χ3n) is 4.06. The van der Waals surface area contributed by atoms with Crippen molar-refractivity contribution >= 4 is 23.3 Å². The topological polar surface area (TPSA) is 108 Å². The zero-order valence-electron chi connectivity index (χ0n) is 16.3. The van der Waals surface area contributed by atoms with Gasteiger partial charge in [0, 0.05) is 11.8 Å². The molecule has 0 fully saturated rings. The predicted octanol–water partition coefficient (Wildman–Crippen LogP) is 4.35. The van der Waals surface area contributed by atoms with Crippen LogP contribution in [0.25, 0.3) is 0 Å². The van der Waals surface area contributed by atoms with Crippen LogP contribution < -0.4 is 10.1 Å². The zero-order chi connectivity index (χ0) is 21.1. The van der Waals surface area contributed by atoms with Crippen LogP contribution in [-0.4, -0.2) is 30.0 Å². The Bertz CT molecular complexity index is 835.